The maximum atomic E-state index is 12.6. The fraction of sp³-hybridized carbons (Fsp3) is 0.333. The van der Waals surface area contributed by atoms with E-state index in [9.17, 15) is 13.2 Å². The van der Waals surface area contributed by atoms with Crippen LogP contribution in [-0.4, -0.2) is 41.5 Å². The molecule has 1 aromatic heterocycles. The predicted molar refractivity (Wildman–Crippen MR) is 124 cm³/mol. The molecule has 1 amide bonds. The van der Waals surface area contributed by atoms with Gasteiger partial charge in [0.25, 0.3) is 0 Å². The van der Waals surface area contributed by atoms with Gasteiger partial charge in [0.05, 0.1) is 11.4 Å². The molecule has 3 aromatic rings. The average molecular weight is 455 g/mol. The van der Waals surface area contributed by atoms with Crippen LogP contribution in [0.2, 0.25) is 0 Å². The highest BCUT2D eigenvalue weighted by molar-refractivity contribution is 7.89. The van der Waals surface area contributed by atoms with Crippen molar-refractivity contribution in [3.05, 3.63) is 83.7 Å². The first-order valence-corrected chi connectivity index (χ1v) is 12.3. The molecule has 0 saturated heterocycles. The number of amides is 1. The van der Waals surface area contributed by atoms with E-state index in [1.807, 2.05) is 49.0 Å². The fourth-order valence-corrected chi connectivity index (χ4v) is 4.96. The van der Waals surface area contributed by atoms with Gasteiger partial charge in [-0.05, 0) is 41.3 Å². The SMILES string of the molecule is CCN(CC)S(=O)(=O)c1ccc(CCC(=O)NCc2cccc(Cn3cccn3)c2)cc1. The molecule has 0 bridgehead atoms. The van der Waals surface area contributed by atoms with Crippen LogP contribution in [0.3, 0.4) is 0 Å². The van der Waals surface area contributed by atoms with Gasteiger partial charge in [-0.3, -0.25) is 9.48 Å². The van der Waals surface area contributed by atoms with Crippen molar-refractivity contribution in [3.63, 3.8) is 0 Å². The van der Waals surface area contributed by atoms with Gasteiger partial charge in [-0.2, -0.15) is 9.40 Å². The Kier molecular flexibility index (Phi) is 8.19. The van der Waals surface area contributed by atoms with Crippen LogP contribution in [0.25, 0.3) is 0 Å². The van der Waals surface area contributed by atoms with Gasteiger partial charge >= 0.3 is 0 Å². The van der Waals surface area contributed by atoms with Gasteiger partial charge < -0.3 is 5.32 Å². The lowest BCUT2D eigenvalue weighted by molar-refractivity contribution is -0.121. The highest BCUT2D eigenvalue weighted by Gasteiger charge is 2.21. The first kappa shape index (κ1) is 23.7. The van der Waals surface area contributed by atoms with E-state index in [4.69, 9.17) is 0 Å². The van der Waals surface area contributed by atoms with E-state index >= 15 is 0 Å². The zero-order valence-electron chi connectivity index (χ0n) is 18.6. The zero-order valence-corrected chi connectivity index (χ0v) is 19.4. The lowest BCUT2D eigenvalue weighted by Gasteiger charge is -2.18. The Labute approximate surface area is 190 Å². The number of benzene rings is 2. The van der Waals surface area contributed by atoms with E-state index in [1.54, 1.807) is 30.5 Å². The standard InChI is InChI=1S/C24H30N4O3S/c1-3-28(4-2)32(30,31)23-12-9-20(10-13-23)11-14-24(29)25-18-21-7-5-8-22(17-21)19-27-16-6-15-26-27/h5-10,12-13,15-17H,3-4,11,14,18-19H2,1-2H3,(H,25,29). The number of nitrogens with zero attached hydrogens (tertiary/aromatic N) is 3. The second kappa shape index (κ2) is 11.1. The van der Waals surface area contributed by atoms with Crippen molar-refractivity contribution in [2.24, 2.45) is 0 Å². The first-order valence-electron chi connectivity index (χ1n) is 10.8. The summed E-state index contributed by atoms with van der Waals surface area (Å²) in [5, 5.41) is 7.17. The lowest BCUT2D eigenvalue weighted by Crippen LogP contribution is -2.30. The Morgan fingerprint density at radius 3 is 2.38 bits per heavy atom. The molecule has 0 spiro atoms. The van der Waals surface area contributed by atoms with Crippen molar-refractivity contribution < 1.29 is 13.2 Å². The summed E-state index contributed by atoms with van der Waals surface area (Å²) in [5.74, 6) is -0.0395. The van der Waals surface area contributed by atoms with Gasteiger partial charge in [0.1, 0.15) is 0 Å². The predicted octanol–water partition coefficient (Wildman–Crippen LogP) is 3.21. The molecule has 1 N–H and O–H groups in total. The van der Waals surface area contributed by atoms with Gasteiger partial charge in [-0.1, -0.05) is 50.2 Å². The van der Waals surface area contributed by atoms with Crippen LogP contribution < -0.4 is 5.32 Å². The van der Waals surface area contributed by atoms with Gasteiger partial charge in [-0.15, -0.1) is 0 Å². The van der Waals surface area contributed by atoms with Crippen LogP contribution in [0.5, 0.6) is 0 Å². The number of rotatable bonds is 11. The summed E-state index contributed by atoms with van der Waals surface area (Å²) in [7, 11) is -3.46. The van der Waals surface area contributed by atoms with Crippen molar-refractivity contribution in [1.82, 2.24) is 19.4 Å². The molecule has 0 atom stereocenters. The summed E-state index contributed by atoms with van der Waals surface area (Å²) in [6.45, 7) is 5.68. The van der Waals surface area contributed by atoms with Crippen LogP contribution >= 0.6 is 0 Å². The van der Waals surface area contributed by atoms with Crippen LogP contribution in [0.4, 0.5) is 0 Å². The monoisotopic (exact) mass is 454 g/mol. The van der Waals surface area contributed by atoms with E-state index in [-0.39, 0.29) is 10.8 Å². The maximum Gasteiger partial charge on any atom is 0.243 e. The highest BCUT2D eigenvalue weighted by Crippen LogP contribution is 2.17. The molecule has 7 nitrogen and oxygen atoms in total. The van der Waals surface area contributed by atoms with Crippen molar-refractivity contribution in [3.8, 4) is 0 Å². The number of hydrogen-bond donors (Lipinski definition) is 1. The summed E-state index contributed by atoms with van der Waals surface area (Å²) < 4.78 is 28.4. The Balaban J connectivity index is 1.49. The third-order valence-corrected chi connectivity index (χ3v) is 7.36. The quantitative estimate of drug-likeness (QED) is 0.482. The third kappa shape index (κ3) is 6.27. The molecule has 2 aromatic carbocycles. The third-order valence-electron chi connectivity index (χ3n) is 5.29. The van der Waals surface area contributed by atoms with Crippen molar-refractivity contribution >= 4 is 15.9 Å². The molecule has 0 unspecified atom stereocenters. The number of aryl methyl sites for hydroxylation is 1. The lowest BCUT2D eigenvalue weighted by atomic mass is 10.1. The Morgan fingerprint density at radius 2 is 1.72 bits per heavy atom. The Hall–Kier alpha value is -2.97. The minimum Gasteiger partial charge on any atom is -0.352 e. The zero-order chi connectivity index (χ0) is 23.0. The van der Waals surface area contributed by atoms with Crippen LogP contribution in [0.1, 0.15) is 37.0 Å². The van der Waals surface area contributed by atoms with Crippen LogP contribution in [0, 0.1) is 0 Å². The van der Waals surface area contributed by atoms with Crippen molar-refractivity contribution in [2.75, 3.05) is 13.1 Å². The normalized spacial score (nSPS) is 11.6. The number of nitrogens with one attached hydrogen (secondary N) is 1. The maximum absolute atomic E-state index is 12.6. The minimum atomic E-state index is -3.46. The molecular weight excluding hydrogens is 424 g/mol. The number of sulfonamides is 1. The van der Waals surface area contributed by atoms with Gasteiger partial charge in [0, 0.05) is 38.4 Å². The van der Waals surface area contributed by atoms with E-state index in [0.717, 1.165) is 16.7 Å². The largest absolute Gasteiger partial charge is 0.352 e. The van der Waals surface area contributed by atoms with E-state index in [1.165, 1.54) is 4.31 Å². The van der Waals surface area contributed by atoms with E-state index in [0.29, 0.717) is 39.0 Å². The fourth-order valence-electron chi connectivity index (χ4n) is 3.51. The minimum absolute atomic E-state index is 0.0395. The smallest absolute Gasteiger partial charge is 0.243 e. The van der Waals surface area contributed by atoms with Crippen LogP contribution in [-0.2, 0) is 34.3 Å². The second-order valence-corrected chi connectivity index (χ2v) is 9.47. The first-order chi connectivity index (χ1) is 15.4. The van der Waals surface area contributed by atoms with Gasteiger partial charge in [0.15, 0.2) is 0 Å². The summed E-state index contributed by atoms with van der Waals surface area (Å²) in [5.41, 5.74) is 3.09. The molecule has 0 radical (unpaired) electrons. The number of carbonyl (C=O) groups excluding carboxylic acids is 1. The Bertz CT molecular complexity index is 1110. The van der Waals surface area contributed by atoms with E-state index in [2.05, 4.69) is 16.5 Å². The summed E-state index contributed by atoms with van der Waals surface area (Å²) >= 11 is 0. The molecule has 0 aliphatic rings. The average Bonchev–Trinajstić information content (AvgIpc) is 3.30. The molecule has 0 aliphatic heterocycles. The number of carbonyl (C=O) groups is 1. The molecule has 32 heavy (non-hydrogen) atoms. The molecular formula is C24H30N4O3S. The molecule has 0 saturated carbocycles. The van der Waals surface area contributed by atoms with Crippen molar-refractivity contribution in [2.45, 2.75) is 44.7 Å². The summed E-state index contributed by atoms with van der Waals surface area (Å²) in [6, 6.07) is 16.8. The summed E-state index contributed by atoms with van der Waals surface area (Å²) in [6.07, 6.45) is 4.56. The molecule has 1 heterocycles. The molecule has 170 valence electrons. The van der Waals surface area contributed by atoms with Gasteiger partial charge in [-0.25, -0.2) is 8.42 Å². The second-order valence-electron chi connectivity index (χ2n) is 7.53. The van der Waals surface area contributed by atoms with Crippen molar-refractivity contribution in [1.29, 1.82) is 0 Å². The summed E-state index contributed by atoms with van der Waals surface area (Å²) in [4.78, 5) is 12.6. The van der Waals surface area contributed by atoms with Crippen LogP contribution in [0.15, 0.2) is 71.9 Å². The van der Waals surface area contributed by atoms with E-state index < -0.39 is 10.0 Å². The number of hydrogen-bond acceptors (Lipinski definition) is 4. The number of aromatic nitrogens is 2. The molecule has 3 rings (SSSR count). The molecule has 0 fully saturated rings. The topological polar surface area (TPSA) is 84.3 Å². The van der Waals surface area contributed by atoms with Gasteiger partial charge in [0.2, 0.25) is 15.9 Å². The molecule has 0 aliphatic carbocycles. The Morgan fingerprint density at radius 1 is 1.00 bits per heavy atom. The highest BCUT2D eigenvalue weighted by atomic mass is 32.2. The molecule has 8 heteroatoms.